The number of ether oxygens (including phenoxy) is 3. The predicted octanol–water partition coefficient (Wildman–Crippen LogP) is 1.83. The molecule has 178 valence electrons. The van der Waals surface area contributed by atoms with Crippen molar-refractivity contribution in [3.8, 4) is 11.5 Å². The predicted molar refractivity (Wildman–Crippen MR) is 124 cm³/mol. The lowest BCUT2D eigenvalue weighted by atomic mass is 10.1. The Morgan fingerprint density at radius 1 is 1.03 bits per heavy atom. The highest BCUT2D eigenvalue weighted by molar-refractivity contribution is 5.93. The van der Waals surface area contributed by atoms with Crippen LogP contribution in [0.2, 0.25) is 0 Å². The van der Waals surface area contributed by atoms with Gasteiger partial charge < -0.3 is 35.3 Å². The van der Waals surface area contributed by atoms with Crippen molar-refractivity contribution < 1.29 is 28.9 Å². The molecule has 10 nitrogen and oxygen atoms in total. The van der Waals surface area contributed by atoms with Crippen molar-refractivity contribution in [2.45, 2.75) is 6.10 Å². The number of aliphatic hydroxyl groups excluding tert-OH is 1. The van der Waals surface area contributed by atoms with Gasteiger partial charge in [-0.25, -0.2) is 4.79 Å². The Labute approximate surface area is 192 Å². The number of carbonyl (C=O) groups excluding carboxylic acids is 2. The summed E-state index contributed by atoms with van der Waals surface area (Å²) >= 11 is 0. The number of urea groups is 1. The molecule has 0 bridgehead atoms. The first kappa shape index (κ1) is 24.3. The van der Waals surface area contributed by atoms with E-state index in [0.29, 0.717) is 48.2 Å². The number of carbonyl (C=O) groups is 2. The van der Waals surface area contributed by atoms with Crippen LogP contribution in [0.15, 0.2) is 42.5 Å². The van der Waals surface area contributed by atoms with Gasteiger partial charge in [0.2, 0.25) is 5.91 Å². The Morgan fingerprint density at radius 2 is 1.70 bits per heavy atom. The zero-order valence-corrected chi connectivity index (χ0v) is 18.8. The summed E-state index contributed by atoms with van der Waals surface area (Å²) in [7, 11) is 3.04. The van der Waals surface area contributed by atoms with Gasteiger partial charge >= 0.3 is 6.03 Å². The van der Waals surface area contributed by atoms with E-state index in [4.69, 9.17) is 14.2 Å². The average molecular weight is 459 g/mol. The molecule has 0 unspecified atom stereocenters. The number of morpholine rings is 1. The average Bonchev–Trinajstić information content (AvgIpc) is 2.84. The number of methoxy groups -OCH3 is 2. The summed E-state index contributed by atoms with van der Waals surface area (Å²) in [6, 6.07) is 11.4. The van der Waals surface area contributed by atoms with Gasteiger partial charge in [0.15, 0.2) is 0 Å². The highest BCUT2D eigenvalue weighted by Crippen LogP contribution is 2.29. The summed E-state index contributed by atoms with van der Waals surface area (Å²) in [6.45, 7) is 3.05. The van der Waals surface area contributed by atoms with Crippen LogP contribution in [0, 0.1) is 0 Å². The SMILES string of the molecule is COc1ccc(OC)c([C@H](O)CNC(=O)Nc2ccc(NC(=O)CN3CCOCC3)cc2)c1. The number of rotatable bonds is 9. The molecule has 0 spiro atoms. The molecule has 0 aliphatic carbocycles. The van der Waals surface area contributed by atoms with Crippen molar-refractivity contribution >= 4 is 23.3 Å². The molecule has 1 saturated heterocycles. The van der Waals surface area contributed by atoms with Crippen LogP contribution in [0.5, 0.6) is 11.5 Å². The first-order chi connectivity index (χ1) is 16.0. The Bertz CT molecular complexity index is 931. The Morgan fingerprint density at radius 3 is 2.33 bits per heavy atom. The molecule has 3 amide bonds. The number of amides is 3. The van der Waals surface area contributed by atoms with Gasteiger partial charge in [0.05, 0.1) is 34.0 Å². The topological polar surface area (TPSA) is 121 Å². The van der Waals surface area contributed by atoms with Crippen LogP contribution < -0.4 is 25.4 Å². The number of hydrogen-bond donors (Lipinski definition) is 4. The largest absolute Gasteiger partial charge is 0.497 e. The number of hydrogen-bond acceptors (Lipinski definition) is 7. The van der Waals surface area contributed by atoms with Crippen molar-refractivity contribution in [3.63, 3.8) is 0 Å². The summed E-state index contributed by atoms with van der Waals surface area (Å²) in [5, 5.41) is 18.6. The van der Waals surface area contributed by atoms with Crippen molar-refractivity contribution in [2.75, 3.05) is 64.2 Å². The second-order valence-corrected chi connectivity index (χ2v) is 7.47. The second kappa shape index (κ2) is 12.0. The molecule has 2 aromatic carbocycles. The van der Waals surface area contributed by atoms with E-state index in [1.54, 1.807) is 42.5 Å². The third-order valence-corrected chi connectivity index (χ3v) is 5.15. The van der Waals surface area contributed by atoms with Gasteiger partial charge in [-0.3, -0.25) is 9.69 Å². The molecule has 1 atom stereocenters. The van der Waals surface area contributed by atoms with E-state index < -0.39 is 12.1 Å². The molecule has 1 heterocycles. The molecule has 0 aromatic heterocycles. The minimum Gasteiger partial charge on any atom is -0.497 e. The Hall–Kier alpha value is -3.34. The molecule has 10 heteroatoms. The first-order valence-corrected chi connectivity index (χ1v) is 10.6. The Kier molecular flexibility index (Phi) is 8.87. The zero-order valence-electron chi connectivity index (χ0n) is 18.8. The van der Waals surface area contributed by atoms with E-state index in [1.807, 2.05) is 4.90 Å². The maximum atomic E-state index is 12.2. The molecule has 4 N–H and O–H groups in total. The van der Waals surface area contributed by atoms with Crippen LogP contribution in [0.3, 0.4) is 0 Å². The van der Waals surface area contributed by atoms with E-state index in [9.17, 15) is 14.7 Å². The van der Waals surface area contributed by atoms with Crippen LogP contribution in [0.25, 0.3) is 0 Å². The fourth-order valence-corrected chi connectivity index (χ4v) is 3.37. The van der Waals surface area contributed by atoms with Crippen molar-refractivity contribution in [1.29, 1.82) is 0 Å². The van der Waals surface area contributed by atoms with E-state index >= 15 is 0 Å². The minimum atomic E-state index is -0.982. The quantitative estimate of drug-likeness (QED) is 0.452. The third kappa shape index (κ3) is 7.35. The number of nitrogens with zero attached hydrogens (tertiary/aromatic N) is 1. The lowest BCUT2D eigenvalue weighted by Crippen LogP contribution is -2.41. The fraction of sp³-hybridized carbons (Fsp3) is 0.391. The van der Waals surface area contributed by atoms with Gasteiger partial charge in [-0.05, 0) is 42.5 Å². The van der Waals surface area contributed by atoms with Crippen LogP contribution in [0.1, 0.15) is 11.7 Å². The number of aliphatic hydroxyl groups is 1. The molecule has 1 aliphatic rings. The molecule has 1 aliphatic heterocycles. The van der Waals surface area contributed by atoms with Gasteiger partial charge in [0, 0.05) is 36.6 Å². The fourth-order valence-electron chi connectivity index (χ4n) is 3.37. The van der Waals surface area contributed by atoms with Gasteiger partial charge in [0.25, 0.3) is 0 Å². The summed E-state index contributed by atoms with van der Waals surface area (Å²) in [5.41, 5.74) is 1.70. The van der Waals surface area contributed by atoms with Crippen LogP contribution in [0.4, 0.5) is 16.2 Å². The van der Waals surface area contributed by atoms with Crippen LogP contribution in [-0.2, 0) is 9.53 Å². The van der Waals surface area contributed by atoms with E-state index in [0.717, 1.165) is 13.1 Å². The molecule has 1 fully saturated rings. The Balaban J connectivity index is 1.46. The standard InChI is InChI=1S/C23H30N4O6/c1-31-18-7-8-21(32-2)19(13-18)20(28)14-24-23(30)26-17-5-3-16(4-6-17)25-22(29)15-27-9-11-33-12-10-27/h3-8,13,20,28H,9-12,14-15H2,1-2H3,(H,25,29)(H2,24,26,30)/t20-/m1/s1. The van der Waals surface area contributed by atoms with E-state index in [-0.39, 0.29) is 12.5 Å². The second-order valence-electron chi connectivity index (χ2n) is 7.47. The lowest BCUT2D eigenvalue weighted by Gasteiger charge is -2.25. The van der Waals surface area contributed by atoms with E-state index in [2.05, 4.69) is 16.0 Å². The molecule has 3 rings (SSSR count). The first-order valence-electron chi connectivity index (χ1n) is 10.6. The molecular formula is C23H30N4O6. The van der Waals surface area contributed by atoms with Crippen molar-refractivity contribution in [2.24, 2.45) is 0 Å². The summed E-state index contributed by atoms with van der Waals surface area (Å²) in [6.07, 6.45) is -0.982. The normalized spacial score (nSPS) is 14.8. The summed E-state index contributed by atoms with van der Waals surface area (Å²) in [4.78, 5) is 26.5. The van der Waals surface area contributed by atoms with Crippen molar-refractivity contribution in [3.05, 3.63) is 48.0 Å². The number of anilines is 2. The lowest BCUT2D eigenvalue weighted by molar-refractivity contribution is -0.118. The van der Waals surface area contributed by atoms with Crippen LogP contribution >= 0.6 is 0 Å². The molecule has 0 saturated carbocycles. The maximum Gasteiger partial charge on any atom is 0.319 e. The molecule has 0 radical (unpaired) electrons. The smallest absolute Gasteiger partial charge is 0.319 e. The molecule has 33 heavy (non-hydrogen) atoms. The minimum absolute atomic E-state index is 0.0228. The number of nitrogens with one attached hydrogen (secondary N) is 3. The third-order valence-electron chi connectivity index (χ3n) is 5.15. The van der Waals surface area contributed by atoms with Crippen LogP contribution in [-0.4, -0.2) is 75.6 Å². The maximum absolute atomic E-state index is 12.2. The summed E-state index contributed by atoms with van der Waals surface area (Å²) < 4.78 is 15.7. The van der Waals surface area contributed by atoms with Gasteiger partial charge in [-0.2, -0.15) is 0 Å². The molecule has 2 aromatic rings. The van der Waals surface area contributed by atoms with Gasteiger partial charge in [-0.1, -0.05) is 0 Å². The summed E-state index contributed by atoms with van der Waals surface area (Å²) in [5.74, 6) is 0.973. The van der Waals surface area contributed by atoms with Gasteiger partial charge in [0.1, 0.15) is 17.6 Å². The zero-order chi connectivity index (χ0) is 23.6. The van der Waals surface area contributed by atoms with Gasteiger partial charge in [-0.15, -0.1) is 0 Å². The monoisotopic (exact) mass is 458 g/mol. The van der Waals surface area contributed by atoms with Crippen molar-refractivity contribution in [1.82, 2.24) is 10.2 Å². The van der Waals surface area contributed by atoms with E-state index in [1.165, 1.54) is 14.2 Å². The highest BCUT2D eigenvalue weighted by atomic mass is 16.5. The number of benzene rings is 2. The highest BCUT2D eigenvalue weighted by Gasteiger charge is 2.16. The molecular weight excluding hydrogens is 428 g/mol.